The van der Waals surface area contributed by atoms with Crippen LogP contribution in [0.3, 0.4) is 0 Å². The average Bonchev–Trinajstić information content (AvgIpc) is 3.00. The van der Waals surface area contributed by atoms with Crippen molar-refractivity contribution in [3.8, 4) is 11.1 Å². The number of hydrogen-bond donors (Lipinski definition) is 2. The number of aromatic nitrogens is 1. The Bertz CT molecular complexity index is 1130. The molecule has 7 heteroatoms. The SMILES string of the molecule is CC(C)O/N=C1\CC(C)(C)Nc2cc(F)c(-c3cccc4c(Cl)c[nH]c34)c(F)c21. The Morgan fingerprint density at radius 1 is 1.21 bits per heavy atom. The number of nitrogens with one attached hydrogen (secondary N) is 2. The Labute approximate surface area is 172 Å². The van der Waals surface area contributed by atoms with Crippen LogP contribution in [0.4, 0.5) is 14.5 Å². The predicted molar refractivity (Wildman–Crippen MR) is 114 cm³/mol. The van der Waals surface area contributed by atoms with Crippen molar-refractivity contribution in [3.63, 3.8) is 0 Å². The first-order chi connectivity index (χ1) is 13.7. The summed E-state index contributed by atoms with van der Waals surface area (Å²) in [5.41, 5.74) is 1.50. The molecule has 1 aromatic heterocycles. The Balaban J connectivity index is 1.97. The van der Waals surface area contributed by atoms with Crippen LogP contribution in [0.2, 0.25) is 5.02 Å². The van der Waals surface area contributed by atoms with Crippen LogP contribution in [0.5, 0.6) is 0 Å². The van der Waals surface area contributed by atoms with Crippen molar-refractivity contribution >= 4 is 33.9 Å². The van der Waals surface area contributed by atoms with Gasteiger partial charge in [-0.2, -0.15) is 0 Å². The number of H-pyrrole nitrogens is 1. The first kappa shape index (κ1) is 19.7. The number of halogens is 3. The number of hydrogen-bond acceptors (Lipinski definition) is 3. The van der Waals surface area contributed by atoms with Crippen molar-refractivity contribution in [2.75, 3.05) is 5.32 Å². The van der Waals surface area contributed by atoms with E-state index in [-0.39, 0.29) is 17.2 Å². The van der Waals surface area contributed by atoms with Crippen LogP contribution in [0.1, 0.15) is 39.7 Å². The maximum absolute atomic E-state index is 15.8. The second kappa shape index (κ2) is 7.02. The standard InChI is InChI=1S/C22H22ClF2N3O/c1-11(2)29-28-17-9-22(3,4)27-16-8-15(24)18(20(25)19(16)17)13-7-5-6-12-14(23)10-26-21(12)13/h5-8,10-11,26-27H,9H2,1-4H3/b28-17+. The highest BCUT2D eigenvalue weighted by Gasteiger charge is 2.34. The summed E-state index contributed by atoms with van der Waals surface area (Å²) in [6.45, 7) is 7.59. The largest absolute Gasteiger partial charge is 0.393 e. The molecular weight excluding hydrogens is 396 g/mol. The van der Waals surface area contributed by atoms with Gasteiger partial charge >= 0.3 is 0 Å². The third-order valence-electron chi connectivity index (χ3n) is 4.90. The molecule has 29 heavy (non-hydrogen) atoms. The summed E-state index contributed by atoms with van der Waals surface area (Å²) in [6, 6.07) is 6.53. The third-order valence-corrected chi connectivity index (χ3v) is 5.21. The monoisotopic (exact) mass is 417 g/mol. The van der Waals surface area contributed by atoms with Gasteiger partial charge in [-0.25, -0.2) is 8.78 Å². The summed E-state index contributed by atoms with van der Waals surface area (Å²) in [4.78, 5) is 8.43. The first-order valence-corrected chi connectivity index (χ1v) is 9.85. The molecule has 0 bridgehead atoms. The highest BCUT2D eigenvalue weighted by Crippen LogP contribution is 2.41. The molecule has 0 fully saturated rings. The highest BCUT2D eigenvalue weighted by molar-refractivity contribution is 6.36. The summed E-state index contributed by atoms with van der Waals surface area (Å²) in [5, 5.41) is 8.61. The molecule has 152 valence electrons. The number of fused-ring (bicyclic) bond motifs is 2. The van der Waals surface area contributed by atoms with Crippen LogP contribution in [0, 0.1) is 11.6 Å². The number of benzene rings is 2. The fourth-order valence-corrected chi connectivity index (χ4v) is 3.95. The van der Waals surface area contributed by atoms with E-state index in [0.717, 1.165) is 0 Å². The van der Waals surface area contributed by atoms with Gasteiger partial charge in [-0.15, -0.1) is 0 Å². The van der Waals surface area contributed by atoms with Crippen LogP contribution in [0.25, 0.3) is 22.0 Å². The Morgan fingerprint density at radius 3 is 2.69 bits per heavy atom. The smallest absolute Gasteiger partial charge is 0.145 e. The molecular formula is C22H22ClF2N3O. The molecule has 4 nitrogen and oxygen atoms in total. The second-order valence-electron chi connectivity index (χ2n) is 8.21. The molecule has 3 aromatic rings. The fraction of sp³-hybridized carbons (Fsp3) is 0.318. The molecule has 0 saturated heterocycles. The summed E-state index contributed by atoms with van der Waals surface area (Å²) in [5.74, 6) is -1.33. The van der Waals surface area contributed by atoms with Gasteiger partial charge in [0.2, 0.25) is 0 Å². The maximum atomic E-state index is 15.8. The van der Waals surface area contributed by atoms with E-state index in [1.165, 1.54) is 6.07 Å². The predicted octanol–water partition coefficient (Wildman–Crippen LogP) is 6.49. The van der Waals surface area contributed by atoms with Crippen LogP contribution >= 0.6 is 11.6 Å². The van der Waals surface area contributed by atoms with Gasteiger partial charge in [0, 0.05) is 34.8 Å². The van der Waals surface area contributed by atoms with Crippen molar-refractivity contribution in [1.29, 1.82) is 0 Å². The zero-order valence-electron chi connectivity index (χ0n) is 16.7. The first-order valence-electron chi connectivity index (χ1n) is 9.47. The van der Waals surface area contributed by atoms with E-state index >= 15 is 8.78 Å². The Kier molecular flexibility index (Phi) is 4.77. The molecule has 0 spiro atoms. The minimum absolute atomic E-state index is 0.119. The van der Waals surface area contributed by atoms with Gasteiger partial charge in [-0.3, -0.25) is 0 Å². The number of para-hydroxylation sites is 1. The molecule has 0 unspecified atom stereocenters. The molecule has 0 aliphatic carbocycles. The zero-order chi connectivity index (χ0) is 20.9. The van der Waals surface area contributed by atoms with E-state index in [4.69, 9.17) is 16.4 Å². The van der Waals surface area contributed by atoms with Crippen LogP contribution in [0.15, 0.2) is 35.6 Å². The van der Waals surface area contributed by atoms with Crippen LogP contribution in [-0.4, -0.2) is 22.3 Å². The Morgan fingerprint density at radius 2 is 1.97 bits per heavy atom. The molecule has 0 amide bonds. The van der Waals surface area contributed by atoms with Crippen LogP contribution < -0.4 is 5.32 Å². The molecule has 1 aliphatic heterocycles. The van der Waals surface area contributed by atoms with Crippen molar-refractivity contribution in [2.24, 2.45) is 5.16 Å². The van der Waals surface area contributed by atoms with Gasteiger partial charge in [0.1, 0.15) is 17.7 Å². The lowest BCUT2D eigenvalue weighted by atomic mass is 9.85. The molecule has 2 N–H and O–H groups in total. The molecule has 2 aromatic carbocycles. The Hall–Kier alpha value is -2.60. The van der Waals surface area contributed by atoms with E-state index in [1.807, 2.05) is 27.7 Å². The minimum Gasteiger partial charge on any atom is -0.393 e. The molecule has 2 heterocycles. The van der Waals surface area contributed by atoms with Gasteiger partial charge in [-0.1, -0.05) is 35.0 Å². The molecule has 4 rings (SSSR count). The molecule has 1 aliphatic rings. The normalized spacial score (nSPS) is 16.9. The van der Waals surface area contributed by atoms with E-state index in [9.17, 15) is 0 Å². The van der Waals surface area contributed by atoms with Crippen molar-refractivity contribution in [1.82, 2.24) is 4.98 Å². The molecule has 0 atom stereocenters. The van der Waals surface area contributed by atoms with E-state index in [2.05, 4.69) is 15.5 Å². The van der Waals surface area contributed by atoms with Crippen molar-refractivity contribution in [3.05, 3.63) is 52.7 Å². The lowest BCUT2D eigenvalue weighted by molar-refractivity contribution is 0.0852. The van der Waals surface area contributed by atoms with E-state index < -0.39 is 17.2 Å². The van der Waals surface area contributed by atoms with E-state index in [0.29, 0.717) is 39.3 Å². The number of nitrogens with zero attached hydrogens (tertiary/aromatic N) is 1. The van der Waals surface area contributed by atoms with Gasteiger partial charge in [-0.05, 0) is 33.8 Å². The summed E-state index contributed by atoms with van der Waals surface area (Å²) in [6.07, 6.45) is 1.90. The number of rotatable bonds is 3. The van der Waals surface area contributed by atoms with Gasteiger partial charge in [0.05, 0.1) is 27.4 Å². The maximum Gasteiger partial charge on any atom is 0.145 e. The number of aromatic amines is 1. The van der Waals surface area contributed by atoms with Crippen LogP contribution in [-0.2, 0) is 4.84 Å². The topological polar surface area (TPSA) is 49.4 Å². The zero-order valence-corrected chi connectivity index (χ0v) is 17.4. The van der Waals surface area contributed by atoms with Gasteiger partial charge in [0.15, 0.2) is 0 Å². The lowest BCUT2D eigenvalue weighted by Gasteiger charge is -2.35. The minimum atomic E-state index is -0.674. The fourth-order valence-electron chi connectivity index (χ4n) is 3.74. The van der Waals surface area contributed by atoms with Crippen molar-refractivity contribution < 1.29 is 13.6 Å². The lowest BCUT2D eigenvalue weighted by Crippen LogP contribution is -2.39. The second-order valence-corrected chi connectivity index (χ2v) is 8.62. The molecule has 0 saturated carbocycles. The summed E-state index contributed by atoms with van der Waals surface area (Å²) >= 11 is 6.19. The highest BCUT2D eigenvalue weighted by atomic mass is 35.5. The average molecular weight is 418 g/mol. The summed E-state index contributed by atoms with van der Waals surface area (Å²) < 4.78 is 31.0. The van der Waals surface area contributed by atoms with E-state index in [1.54, 1.807) is 24.4 Å². The quantitative estimate of drug-likeness (QED) is 0.478. The molecule has 0 radical (unpaired) electrons. The van der Waals surface area contributed by atoms with Gasteiger partial charge < -0.3 is 15.1 Å². The van der Waals surface area contributed by atoms with Crippen molar-refractivity contribution in [2.45, 2.75) is 45.8 Å². The number of anilines is 1. The number of oxime groups is 1. The third kappa shape index (κ3) is 3.46. The van der Waals surface area contributed by atoms with Gasteiger partial charge in [0.25, 0.3) is 0 Å². The summed E-state index contributed by atoms with van der Waals surface area (Å²) in [7, 11) is 0.